The number of ether oxygens (including phenoxy) is 2. The number of carbonyl (C=O) groups is 2. The summed E-state index contributed by atoms with van der Waals surface area (Å²) in [4.78, 5) is 25.2. The van der Waals surface area contributed by atoms with Crippen LogP contribution in [0.15, 0.2) is 29.0 Å². The lowest BCUT2D eigenvalue weighted by Gasteiger charge is -2.32. The second-order valence-electron chi connectivity index (χ2n) is 8.91. The van der Waals surface area contributed by atoms with E-state index in [1.54, 1.807) is 12.2 Å². The SMILES string of the molecule is CC=C=C1CC(C(=O)OC)(C(=O)OC)C=C1C(C)(C)B1OC(C)(C)C(C)(C)O1. The Balaban J connectivity index is 2.61. The van der Waals surface area contributed by atoms with Gasteiger partial charge in [0, 0.05) is 11.7 Å². The molecule has 1 fully saturated rings. The van der Waals surface area contributed by atoms with Crippen LogP contribution in [0.4, 0.5) is 0 Å². The summed E-state index contributed by atoms with van der Waals surface area (Å²) in [6.45, 7) is 13.7. The Bertz CT molecular complexity index is 736. The van der Waals surface area contributed by atoms with Gasteiger partial charge in [-0.3, -0.25) is 9.59 Å². The van der Waals surface area contributed by atoms with Gasteiger partial charge in [0.2, 0.25) is 0 Å². The maximum Gasteiger partial charge on any atom is 0.468 e. The van der Waals surface area contributed by atoms with E-state index in [-0.39, 0.29) is 6.42 Å². The number of rotatable bonds is 4. The molecule has 0 aromatic rings. The van der Waals surface area contributed by atoms with Gasteiger partial charge in [0.05, 0.1) is 25.4 Å². The van der Waals surface area contributed by atoms with Gasteiger partial charge >= 0.3 is 19.1 Å². The molecule has 1 aliphatic carbocycles. The molecule has 0 bridgehead atoms. The third kappa shape index (κ3) is 3.36. The van der Waals surface area contributed by atoms with Crippen molar-refractivity contribution in [3.63, 3.8) is 0 Å². The molecule has 1 saturated heterocycles. The summed E-state index contributed by atoms with van der Waals surface area (Å²) in [5.41, 5.74) is 2.14. The van der Waals surface area contributed by atoms with Crippen LogP contribution in [0.1, 0.15) is 54.9 Å². The molecule has 2 rings (SSSR count). The van der Waals surface area contributed by atoms with Crippen molar-refractivity contribution in [1.82, 2.24) is 0 Å². The van der Waals surface area contributed by atoms with E-state index in [1.165, 1.54) is 14.2 Å². The first-order valence-electron chi connectivity index (χ1n) is 9.45. The minimum absolute atomic E-state index is 0.120. The van der Waals surface area contributed by atoms with Gasteiger partial charge in [0.15, 0.2) is 5.41 Å². The quantitative estimate of drug-likeness (QED) is 0.316. The van der Waals surface area contributed by atoms with Gasteiger partial charge < -0.3 is 18.8 Å². The molecule has 1 aliphatic heterocycles. The molecule has 0 amide bonds. The number of carbonyl (C=O) groups excluding carboxylic acids is 2. The molecule has 0 atom stereocenters. The van der Waals surface area contributed by atoms with Gasteiger partial charge in [-0.1, -0.05) is 19.9 Å². The lowest BCUT2D eigenvalue weighted by atomic mass is 9.55. The molecule has 0 radical (unpaired) electrons. The predicted molar refractivity (Wildman–Crippen MR) is 107 cm³/mol. The fourth-order valence-electron chi connectivity index (χ4n) is 3.61. The highest BCUT2D eigenvalue weighted by Gasteiger charge is 2.61. The van der Waals surface area contributed by atoms with Crippen LogP contribution >= 0.6 is 0 Å². The van der Waals surface area contributed by atoms with Crippen molar-refractivity contribution in [2.45, 2.75) is 71.4 Å². The number of methoxy groups -OCH3 is 2. The van der Waals surface area contributed by atoms with Gasteiger partial charge in [0.1, 0.15) is 0 Å². The highest BCUT2D eigenvalue weighted by atomic mass is 16.7. The number of hydrogen-bond acceptors (Lipinski definition) is 6. The molecule has 0 unspecified atom stereocenters. The van der Waals surface area contributed by atoms with Gasteiger partial charge in [-0.05, 0) is 51.8 Å². The van der Waals surface area contributed by atoms with Crippen molar-refractivity contribution in [3.8, 4) is 0 Å². The average molecular weight is 390 g/mol. The van der Waals surface area contributed by atoms with Crippen molar-refractivity contribution in [2.24, 2.45) is 5.41 Å². The van der Waals surface area contributed by atoms with E-state index >= 15 is 0 Å². The Morgan fingerprint density at radius 2 is 1.57 bits per heavy atom. The third-order valence-corrected chi connectivity index (χ3v) is 6.13. The summed E-state index contributed by atoms with van der Waals surface area (Å²) >= 11 is 0. The second-order valence-corrected chi connectivity index (χ2v) is 8.91. The predicted octanol–water partition coefficient (Wildman–Crippen LogP) is 3.62. The minimum Gasteiger partial charge on any atom is -0.468 e. The van der Waals surface area contributed by atoms with Gasteiger partial charge in [-0.2, -0.15) is 0 Å². The zero-order valence-corrected chi connectivity index (χ0v) is 18.4. The maximum atomic E-state index is 12.6. The van der Waals surface area contributed by atoms with Crippen LogP contribution in [0, 0.1) is 5.41 Å². The van der Waals surface area contributed by atoms with Crippen molar-refractivity contribution < 1.29 is 28.4 Å². The topological polar surface area (TPSA) is 71.1 Å². The van der Waals surface area contributed by atoms with Crippen LogP contribution in [0.2, 0.25) is 5.31 Å². The van der Waals surface area contributed by atoms with Crippen molar-refractivity contribution in [1.29, 1.82) is 0 Å². The van der Waals surface area contributed by atoms with Crippen LogP contribution in [0.5, 0.6) is 0 Å². The molecular formula is C21H31BO6. The molecule has 7 heteroatoms. The Labute approximate surface area is 168 Å². The second kappa shape index (κ2) is 7.22. The zero-order valence-electron chi connectivity index (χ0n) is 18.4. The van der Waals surface area contributed by atoms with Crippen molar-refractivity contribution in [2.75, 3.05) is 14.2 Å². The van der Waals surface area contributed by atoms with Crippen LogP contribution in [-0.2, 0) is 28.4 Å². The first kappa shape index (κ1) is 22.5. The molecule has 1 heterocycles. The van der Waals surface area contributed by atoms with E-state index in [0.717, 1.165) is 11.1 Å². The smallest absolute Gasteiger partial charge is 0.468 e. The van der Waals surface area contributed by atoms with E-state index < -0.39 is 41.0 Å². The molecule has 0 N–H and O–H groups in total. The van der Waals surface area contributed by atoms with Gasteiger partial charge in [0.25, 0.3) is 0 Å². The lowest BCUT2D eigenvalue weighted by Crippen LogP contribution is -2.41. The van der Waals surface area contributed by atoms with E-state index in [1.807, 2.05) is 48.5 Å². The molecule has 2 aliphatic rings. The van der Waals surface area contributed by atoms with Crippen molar-refractivity contribution in [3.05, 3.63) is 29.0 Å². The Morgan fingerprint density at radius 3 is 1.96 bits per heavy atom. The molecular weight excluding hydrogens is 359 g/mol. The molecule has 0 saturated carbocycles. The molecule has 0 aromatic carbocycles. The first-order valence-corrected chi connectivity index (χ1v) is 9.45. The summed E-state index contributed by atoms with van der Waals surface area (Å²) in [5, 5.41) is -0.653. The van der Waals surface area contributed by atoms with Crippen LogP contribution in [0.25, 0.3) is 0 Å². The van der Waals surface area contributed by atoms with Crippen LogP contribution in [-0.4, -0.2) is 44.5 Å². The largest absolute Gasteiger partial charge is 0.468 e. The maximum absolute atomic E-state index is 12.6. The molecule has 6 nitrogen and oxygen atoms in total. The van der Waals surface area contributed by atoms with E-state index in [9.17, 15) is 9.59 Å². The fourth-order valence-corrected chi connectivity index (χ4v) is 3.61. The van der Waals surface area contributed by atoms with E-state index in [2.05, 4.69) is 5.73 Å². The zero-order chi connectivity index (χ0) is 21.5. The average Bonchev–Trinajstić information content (AvgIpc) is 3.10. The third-order valence-electron chi connectivity index (χ3n) is 6.13. The lowest BCUT2D eigenvalue weighted by molar-refractivity contribution is -0.164. The van der Waals surface area contributed by atoms with Gasteiger partial charge in [-0.25, -0.2) is 0 Å². The molecule has 0 spiro atoms. The van der Waals surface area contributed by atoms with Crippen molar-refractivity contribution >= 4 is 19.1 Å². The number of esters is 2. The summed E-state index contributed by atoms with van der Waals surface area (Å²) in [6, 6.07) is 0. The Hall–Kier alpha value is -1.82. The normalized spacial score (nSPS) is 22.4. The summed E-state index contributed by atoms with van der Waals surface area (Å²) in [6.07, 6.45) is 3.52. The fraction of sp³-hybridized carbons (Fsp3) is 0.667. The van der Waals surface area contributed by atoms with E-state index in [0.29, 0.717) is 0 Å². The number of allylic oxidation sites excluding steroid dienone is 2. The van der Waals surface area contributed by atoms with Crippen LogP contribution < -0.4 is 0 Å². The summed E-state index contributed by atoms with van der Waals surface area (Å²) < 4.78 is 22.4. The summed E-state index contributed by atoms with van der Waals surface area (Å²) in [5.74, 6) is -1.32. The molecule has 28 heavy (non-hydrogen) atoms. The highest BCUT2D eigenvalue weighted by Crippen LogP contribution is 2.55. The monoisotopic (exact) mass is 390 g/mol. The Kier molecular flexibility index (Phi) is 5.79. The van der Waals surface area contributed by atoms with Crippen LogP contribution in [0.3, 0.4) is 0 Å². The number of hydrogen-bond donors (Lipinski definition) is 0. The van der Waals surface area contributed by atoms with Gasteiger partial charge in [-0.15, -0.1) is 5.73 Å². The molecule has 0 aromatic heterocycles. The minimum atomic E-state index is -1.54. The highest BCUT2D eigenvalue weighted by molar-refractivity contribution is 6.51. The van der Waals surface area contributed by atoms with E-state index in [4.69, 9.17) is 18.8 Å². The molecule has 154 valence electrons. The standard InChI is InChI=1S/C21H31BO6/c1-10-11-14-12-21(16(23)25-8,17(24)26-9)13-15(14)18(2,3)22-27-19(4,5)20(6,7)28-22/h10,13H,12H2,1-9H3. The first-order chi connectivity index (χ1) is 12.8. The summed E-state index contributed by atoms with van der Waals surface area (Å²) in [7, 11) is 1.96. The Morgan fingerprint density at radius 1 is 1.11 bits per heavy atom.